The summed E-state index contributed by atoms with van der Waals surface area (Å²) in [5.41, 5.74) is -0.742. The minimum absolute atomic E-state index is 0.00879. The van der Waals surface area contributed by atoms with E-state index in [2.05, 4.69) is 68.0 Å². The predicted octanol–water partition coefficient (Wildman–Crippen LogP) is 11.7. The lowest BCUT2D eigenvalue weighted by molar-refractivity contribution is -0.270. The van der Waals surface area contributed by atoms with E-state index in [-0.39, 0.29) is 23.9 Å². The number of Topliss-reactive ketones (excluding diaryl/α,β-unsaturated/α-hetero) is 1. The average molecular weight is 760 g/mol. The van der Waals surface area contributed by atoms with Crippen LogP contribution in [0.3, 0.4) is 0 Å². The van der Waals surface area contributed by atoms with E-state index in [1.54, 1.807) is 13.0 Å². The Morgan fingerprint density at radius 2 is 1.61 bits per heavy atom. The van der Waals surface area contributed by atoms with Crippen LogP contribution in [0.2, 0.25) is 0 Å². The molecule has 3 heterocycles. The molecule has 11 atom stereocenters. The lowest BCUT2D eigenvalue weighted by atomic mass is 9.76. The van der Waals surface area contributed by atoms with Gasteiger partial charge in [0.15, 0.2) is 0 Å². The molecule has 0 saturated carbocycles. The molecule has 3 aliphatic heterocycles. The van der Waals surface area contributed by atoms with E-state index in [4.69, 9.17) is 19.6 Å². The quantitative estimate of drug-likeness (QED) is 0.0833. The average Bonchev–Trinajstić information content (AvgIpc) is 3.49. The maximum Gasteiger partial charge on any atom is 0.309 e. The van der Waals surface area contributed by atoms with Crippen LogP contribution < -0.4 is 0 Å². The van der Waals surface area contributed by atoms with E-state index < -0.39 is 35.0 Å². The molecule has 0 bridgehead atoms. The molecular weight excluding hydrogens is 679 g/mol. The number of hydrogen-bond donors (Lipinski definition) is 3. The predicted molar refractivity (Wildman–Crippen MR) is 223 cm³/mol. The summed E-state index contributed by atoms with van der Waals surface area (Å²) in [6.45, 7) is 28.2. The summed E-state index contributed by atoms with van der Waals surface area (Å²) in [5.74, 6) is -0.427. The summed E-state index contributed by atoms with van der Waals surface area (Å²) in [5, 5.41) is 28.4. The third-order valence-corrected chi connectivity index (χ3v) is 12.1. The number of allylic oxidation sites excluding steroid dienone is 3. The number of carbonyl (C=O) groups is 2. The molecule has 1 saturated heterocycles. The van der Waals surface area contributed by atoms with Gasteiger partial charge in [0.2, 0.25) is 5.79 Å². The highest BCUT2D eigenvalue weighted by Gasteiger charge is 2.58. The van der Waals surface area contributed by atoms with Crippen molar-refractivity contribution in [1.82, 2.24) is 0 Å². The lowest BCUT2D eigenvalue weighted by Gasteiger charge is -2.46. The van der Waals surface area contributed by atoms with E-state index in [0.717, 1.165) is 76.4 Å². The summed E-state index contributed by atoms with van der Waals surface area (Å²) < 4.78 is 20.0. The van der Waals surface area contributed by atoms with E-state index in [1.807, 2.05) is 32.9 Å². The molecule has 0 radical (unpaired) electrons. The highest BCUT2D eigenvalue weighted by molar-refractivity contribution is 5.99. The Morgan fingerprint density at radius 1 is 0.981 bits per heavy atom. The largest absolute Gasteiger partial charge is 0.492 e. The molecule has 0 aromatic heterocycles. The molecule has 8 nitrogen and oxygen atoms in total. The van der Waals surface area contributed by atoms with Crippen LogP contribution in [-0.4, -0.2) is 56.9 Å². The molecule has 3 N–H and O–H groups in total. The van der Waals surface area contributed by atoms with Crippen molar-refractivity contribution in [3.63, 3.8) is 0 Å². The van der Waals surface area contributed by atoms with Crippen LogP contribution in [0.25, 0.3) is 0 Å². The van der Waals surface area contributed by atoms with E-state index >= 15 is 0 Å². The summed E-state index contributed by atoms with van der Waals surface area (Å²) in [6, 6.07) is 0. The fourth-order valence-corrected chi connectivity index (χ4v) is 8.61. The molecule has 54 heavy (non-hydrogen) atoms. The molecule has 0 aliphatic carbocycles. The number of ether oxygens (including phenoxy) is 3. The molecule has 1 spiro atoms. The van der Waals surface area contributed by atoms with Crippen LogP contribution in [0.5, 0.6) is 0 Å². The number of carboxylic acids is 1. The van der Waals surface area contributed by atoms with E-state index in [9.17, 15) is 19.8 Å². The van der Waals surface area contributed by atoms with Gasteiger partial charge in [-0.3, -0.25) is 15.0 Å². The summed E-state index contributed by atoms with van der Waals surface area (Å²) in [4.78, 5) is 25.0. The van der Waals surface area contributed by atoms with Gasteiger partial charge in [-0.05, 0) is 108 Å². The number of unbranched alkanes of at least 4 members (excludes halogenated alkanes) is 1. The summed E-state index contributed by atoms with van der Waals surface area (Å²) in [6.07, 6.45) is 18.2. The Morgan fingerprint density at radius 3 is 2.19 bits per heavy atom. The van der Waals surface area contributed by atoms with Gasteiger partial charge in [0, 0.05) is 24.7 Å². The first-order chi connectivity index (χ1) is 25.4. The number of carboxylic acid groups (broad SMARTS) is 1. The van der Waals surface area contributed by atoms with Gasteiger partial charge in [-0.15, -0.1) is 6.58 Å². The maximum absolute atomic E-state index is 13.6. The Bertz CT molecular complexity index is 1230. The molecule has 1 fully saturated rings. The third kappa shape index (κ3) is 14.0. The number of ketones is 1. The smallest absolute Gasteiger partial charge is 0.309 e. The lowest BCUT2D eigenvalue weighted by Crippen LogP contribution is -2.55. The van der Waals surface area contributed by atoms with Crippen molar-refractivity contribution >= 4 is 17.5 Å². The minimum Gasteiger partial charge on any atom is -0.492 e. The number of rotatable bonds is 20. The molecule has 0 aromatic rings. The van der Waals surface area contributed by atoms with Crippen molar-refractivity contribution < 1.29 is 34.0 Å². The van der Waals surface area contributed by atoms with Gasteiger partial charge in [0.25, 0.3) is 0 Å². The highest BCUT2D eigenvalue weighted by atomic mass is 16.7. The van der Waals surface area contributed by atoms with Gasteiger partial charge in [-0.2, -0.15) is 0 Å². The second-order valence-electron chi connectivity index (χ2n) is 16.7. The number of nitrogens with one attached hydrogen (secondary N) is 1. The van der Waals surface area contributed by atoms with Crippen molar-refractivity contribution in [1.29, 1.82) is 5.41 Å². The molecule has 8 heteroatoms. The summed E-state index contributed by atoms with van der Waals surface area (Å²) in [7, 11) is 0. The molecular formula is C46H81NO7. The van der Waals surface area contributed by atoms with Gasteiger partial charge >= 0.3 is 5.97 Å². The SMILES string of the molecule is C=CC.CC.CCC1=CCCC([C@]2(C)CCC3(OC(C)(C(C)CC(C)CC(CC)C(=O)C(C)CC(C)CCCCC(O)C(CC)C(=O)O)C=CC3=N)O2)O1. The number of hydrogen-bond acceptors (Lipinski definition) is 7. The van der Waals surface area contributed by atoms with Gasteiger partial charge in [-0.25, -0.2) is 0 Å². The van der Waals surface area contributed by atoms with Crippen molar-refractivity contribution in [2.75, 3.05) is 0 Å². The Kier molecular flexibility index (Phi) is 21.8. The standard InChI is InChI=1S/C41H69NO7.C3H6.C2H6/c1-10-31(37(44)29(6)24-27(4)16-13-14-18-34(43)33(12-3)38(45)46)26-28(5)25-30(7)39(8)21-20-35(42)41(48-39)23-22-40(9,49-41)36-19-15-17-32(11-2)47-36;1-3-2;1-2/h17,20-21,27-31,33-34,36,42-43H,10-16,18-19,22-26H2,1-9H3,(H,45,46);3H,1H2,2H3;1-2H3/t27?,28?,29?,30?,31?,33?,34?,36?,39?,40-,41?;;/m0../s1. The highest BCUT2D eigenvalue weighted by Crippen LogP contribution is 2.49. The van der Waals surface area contributed by atoms with Crippen LogP contribution in [-0.2, 0) is 23.8 Å². The van der Waals surface area contributed by atoms with Crippen molar-refractivity contribution in [3.8, 4) is 0 Å². The van der Waals surface area contributed by atoms with Crippen LogP contribution in [0.1, 0.15) is 173 Å². The van der Waals surface area contributed by atoms with Gasteiger partial charge in [0.05, 0.1) is 29.1 Å². The molecule has 312 valence electrons. The molecule has 3 aliphatic rings. The topological polar surface area (TPSA) is 126 Å². The zero-order valence-corrected chi connectivity index (χ0v) is 36.5. The summed E-state index contributed by atoms with van der Waals surface area (Å²) >= 11 is 0. The van der Waals surface area contributed by atoms with Crippen LogP contribution in [0.15, 0.2) is 36.6 Å². The van der Waals surface area contributed by atoms with Gasteiger partial charge in [0.1, 0.15) is 17.5 Å². The fraction of sp³-hybridized carbons (Fsp3) is 0.804. The number of aliphatic carboxylic acids is 1. The molecule has 0 aromatic carbocycles. The van der Waals surface area contributed by atoms with Crippen molar-refractivity contribution in [3.05, 3.63) is 36.6 Å². The third-order valence-electron chi connectivity index (χ3n) is 12.1. The first kappa shape index (κ1) is 49.7. The van der Waals surface area contributed by atoms with Crippen molar-refractivity contribution in [2.24, 2.45) is 35.5 Å². The van der Waals surface area contributed by atoms with E-state index in [0.29, 0.717) is 42.6 Å². The fourth-order valence-electron chi connectivity index (χ4n) is 8.61. The van der Waals surface area contributed by atoms with Gasteiger partial charge in [-0.1, -0.05) is 93.7 Å². The number of aliphatic hydroxyl groups is 1. The van der Waals surface area contributed by atoms with Crippen LogP contribution in [0.4, 0.5) is 0 Å². The number of carbonyl (C=O) groups excluding carboxylic acids is 1. The molecule has 0 amide bonds. The van der Waals surface area contributed by atoms with E-state index in [1.165, 1.54) is 0 Å². The van der Waals surface area contributed by atoms with Crippen molar-refractivity contribution in [2.45, 2.75) is 202 Å². The Labute approximate surface area is 330 Å². The first-order valence-electron chi connectivity index (χ1n) is 21.5. The van der Waals surface area contributed by atoms with Crippen LogP contribution in [0, 0.1) is 40.9 Å². The number of aliphatic hydroxyl groups excluding tert-OH is 1. The first-order valence-corrected chi connectivity index (χ1v) is 21.5. The second kappa shape index (κ2) is 23.7. The minimum atomic E-state index is -1.07. The zero-order valence-electron chi connectivity index (χ0n) is 36.5. The zero-order chi connectivity index (χ0) is 41.3. The normalized spacial score (nSPS) is 28.8. The molecule has 10 unspecified atom stereocenters. The molecule has 3 rings (SSSR count). The van der Waals surface area contributed by atoms with Gasteiger partial charge < -0.3 is 24.4 Å². The monoisotopic (exact) mass is 760 g/mol. The Balaban J connectivity index is 0.00000277. The maximum atomic E-state index is 13.6. The Hall–Kier alpha value is -2.29. The van der Waals surface area contributed by atoms with Crippen LogP contribution >= 0.6 is 0 Å². The second-order valence-corrected chi connectivity index (χ2v) is 16.7.